The summed E-state index contributed by atoms with van der Waals surface area (Å²) < 4.78 is 19.1. The lowest BCUT2D eigenvalue weighted by atomic mass is 10.0. The number of pyridine rings is 1. The van der Waals surface area contributed by atoms with Crippen molar-refractivity contribution in [2.45, 2.75) is 58.0 Å². The lowest BCUT2D eigenvalue weighted by molar-refractivity contribution is 0.0795. The third-order valence-electron chi connectivity index (χ3n) is 6.06. The van der Waals surface area contributed by atoms with Crippen molar-refractivity contribution in [3.63, 3.8) is 0 Å². The van der Waals surface area contributed by atoms with E-state index in [-0.39, 0.29) is 5.92 Å². The summed E-state index contributed by atoms with van der Waals surface area (Å²) in [4.78, 5) is 4.85. The zero-order valence-electron chi connectivity index (χ0n) is 17.6. The van der Waals surface area contributed by atoms with E-state index < -0.39 is 0 Å². The predicted molar refractivity (Wildman–Crippen MR) is 111 cm³/mol. The monoisotopic (exact) mass is 412 g/mol. The molecule has 3 aromatic heterocycles. The molecule has 2 saturated heterocycles. The number of rotatable bonds is 5. The van der Waals surface area contributed by atoms with Crippen molar-refractivity contribution < 1.29 is 13.9 Å². The third-order valence-corrected chi connectivity index (χ3v) is 6.06. The Bertz CT molecular complexity index is 1020. The summed E-state index contributed by atoms with van der Waals surface area (Å²) in [5, 5.41) is 18.0. The predicted octanol–water partition coefficient (Wildman–Crippen LogP) is 3.29. The van der Waals surface area contributed by atoms with Gasteiger partial charge >= 0.3 is 0 Å². The molecule has 2 aliphatic rings. The van der Waals surface area contributed by atoms with Crippen LogP contribution in [0, 0.1) is 6.92 Å². The van der Waals surface area contributed by atoms with Gasteiger partial charge in [0.25, 0.3) is 5.89 Å². The minimum atomic E-state index is 0.256. The molecule has 0 unspecified atom stereocenters. The van der Waals surface area contributed by atoms with Gasteiger partial charge in [0.05, 0.1) is 28.5 Å². The van der Waals surface area contributed by atoms with Crippen LogP contribution in [-0.2, 0) is 16.0 Å². The Morgan fingerprint density at radius 1 is 1.07 bits per heavy atom. The van der Waals surface area contributed by atoms with Crippen LogP contribution in [0.15, 0.2) is 10.6 Å². The summed E-state index contributed by atoms with van der Waals surface area (Å²) in [5.74, 6) is 1.46. The van der Waals surface area contributed by atoms with E-state index in [2.05, 4.69) is 27.5 Å². The van der Waals surface area contributed by atoms with Gasteiger partial charge in [-0.1, -0.05) is 0 Å². The molecule has 9 nitrogen and oxygen atoms in total. The zero-order chi connectivity index (χ0) is 20.5. The zero-order valence-corrected chi connectivity index (χ0v) is 17.6. The number of aromatic nitrogens is 5. The average Bonchev–Trinajstić information content (AvgIpc) is 3.42. The number of hydrogen-bond donors (Lipinski definition) is 1. The molecule has 0 atom stereocenters. The first-order valence-electron chi connectivity index (χ1n) is 10.9. The van der Waals surface area contributed by atoms with Gasteiger partial charge in [0.2, 0.25) is 5.89 Å². The fourth-order valence-corrected chi connectivity index (χ4v) is 4.34. The van der Waals surface area contributed by atoms with Crippen LogP contribution in [0.25, 0.3) is 22.5 Å². The minimum absolute atomic E-state index is 0.256. The Morgan fingerprint density at radius 3 is 2.53 bits per heavy atom. The summed E-state index contributed by atoms with van der Waals surface area (Å²) in [6.07, 6.45) is 5.62. The maximum atomic E-state index is 6.19. The summed E-state index contributed by atoms with van der Waals surface area (Å²) in [5.41, 5.74) is 3.58. The van der Waals surface area contributed by atoms with Gasteiger partial charge in [-0.2, -0.15) is 5.10 Å². The summed E-state index contributed by atoms with van der Waals surface area (Å²) in [6.45, 7) is 7.84. The quantitative estimate of drug-likeness (QED) is 0.681. The largest absolute Gasteiger partial charge is 0.420 e. The molecule has 0 amide bonds. The molecular formula is C21H28N6O3. The van der Waals surface area contributed by atoms with Gasteiger partial charge in [-0.05, 0) is 39.5 Å². The molecule has 3 aromatic rings. The number of nitrogens with one attached hydrogen (secondary N) is 1. The lowest BCUT2D eigenvalue weighted by Gasteiger charge is -2.25. The van der Waals surface area contributed by atoms with Crippen LogP contribution in [-0.4, -0.2) is 57.4 Å². The molecule has 2 fully saturated rings. The molecule has 5 rings (SSSR count). The molecule has 0 spiro atoms. The second-order valence-corrected chi connectivity index (χ2v) is 8.01. The van der Waals surface area contributed by atoms with Crippen LogP contribution in [0.1, 0.15) is 50.1 Å². The van der Waals surface area contributed by atoms with Gasteiger partial charge < -0.3 is 19.2 Å². The van der Waals surface area contributed by atoms with Crippen LogP contribution in [0.4, 0.5) is 5.69 Å². The maximum absolute atomic E-state index is 6.19. The Hall–Kier alpha value is -2.52. The molecule has 0 bridgehead atoms. The lowest BCUT2D eigenvalue weighted by Crippen LogP contribution is -2.28. The molecule has 5 heterocycles. The molecule has 2 aliphatic heterocycles. The van der Waals surface area contributed by atoms with Gasteiger partial charge in [-0.25, -0.2) is 9.67 Å². The van der Waals surface area contributed by atoms with Crippen molar-refractivity contribution >= 4 is 16.7 Å². The normalized spacial score (nSPS) is 18.9. The first-order chi connectivity index (χ1) is 14.7. The van der Waals surface area contributed by atoms with E-state index in [4.69, 9.17) is 18.9 Å². The van der Waals surface area contributed by atoms with E-state index in [9.17, 15) is 0 Å². The van der Waals surface area contributed by atoms with E-state index in [0.717, 1.165) is 86.6 Å². The van der Waals surface area contributed by atoms with E-state index in [0.29, 0.717) is 17.8 Å². The summed E-state index contributed by atoms with van der Waals surface area (Å²) >= 11 is 0. The molecule has 0 aromatic carbocycles. The van der Waals surface area contributed by atoms with Crippen LogP contribution in [0.2, 0.25) is 0 Å². The van der Waals surface area contributed by atoms with Crippen LogP contribution in [0.5, 0.6) is 0 Å². The summed E-state index contributed by atoms with van der Waals surface area (Å²) in [6, 6.07) is 0.324. The molecule has 0 aliphatic carbocycles. The van der Waals surface area contributed by atoms with Gasteiger partial charge in [0.15, 0.2) is 5.65 Å². The highest BCUT2D eigenvalue weighted by Crippen LogP contribution is 2.38. The molecule has 30 heavy (non-hydrogen) atoms. The van der Waals surface area contributed by atoms with Gasteiger partial charge in [-0.15, -0.1) is 10.2 Å². The topological polar surface area (TPSA) is 100 Å². The number of aryl methyl sites for hydroxylation is 2. The van der Waals surface area contributed by atoms with E-state index in [1.54, 1.807) is 0 Å². The van der Waals surface area contributed by atoms with Gasteiger partial charge in [-0.3, -0.25) is 0 Å². The molecular weight excluding hydrogens is 384 g/mol. The van der Waals surface area contributed by atoms with Gasteiger partial charge in [0.1, 0.15) is 0 Å². The second-order valence-electron chi connectivity index (χ2n) is 8.01. The highest BCUT2D eigenvalue weighted by molar-refractivity contribution is 5.97. The first kappa shape index (κ1) is 19.4. The maximum Gasteiger partial charge on any atom is 0.251 e. The van der Waals surface area contributed by atoms with Crippen LogP contribution in [0.3, 0.4) is 0 Å². The molecule has 1 N–H and O–H groups in total. The number of nitrogens with zero attached hydrogens (tertiary/aromatic N) is 5. The number of fused-ring (bicyclic) bond motifs is 1. The average molecular weight is 412 g/mol. The van der Waals surface area contributed by atoms with Crippen molar-refractivity contribution in [2.75, 3.05) is 31.7 Å². The smallest absolute Gasteiger partial charge is 0.251 e. The van der Waals surface area contributed by atoms with Crippen LogP contribution >= 0.6 is 0 Å². The number of anilines is 1. The Labute approximate surface area is 175 Å². The SMILES string of the molecule is CCn1ncc2c(NC3CCOCC3)c(-c3nnc(C4CCOCC4)o3)c(C)nc21. The van der Waals surface area contributed by atoms with Crippen molar-refractivity contribution in [2.24, 2.45) is 0 Å². The molecule has 0 saturated carbocycles. The van der Waals surface area contributed by atoms with Gasteiger partial charge in [0, 0.05) is 44.9 Å². The minimum Gasteiger partial charge on any atom is -0.420 e. The van der Waals surface area contributed by atoms with Crippen molar-refractivity contribution in [1.29, 1.82) is 0 Å². The first-order valence-corrected chi connectivity index (χ1v) is 10.9. The number of ether oxygens (including phenoxy) is 2. The number of hydrogen-bond acceptors (Lipinski definition) is 8. The van der Waals surface area contributed by atoms with Crippen LogP contribution < -0.4 is 5.32 Å². The Morgan fingerprint density at radius 2 is 1.80 bits per heavy atom. The highest BCUT2D eigenvalue weighted by Gasteiger charge is 2.27. The molecule has 0 radical (unpaired) electrons. The van der Waals surface area contributed by atoms with E-state index in [1.807, 2.05) is 17.8 Å². The highest BCUT2D eigenvalue weighted by atomic mass is 16.5. The Kier molecular flexibility index (Phi) is 5.39. The second kappa shape index (κ2) is 8.31. The fourth-order valence-electron chi connectivity index (χ4n) is 4.34. The van der Waals surface area contributed by atoms with Crippen molar-refractivity contribution in [3.8, 4) is 11.5 Å². The Balaban J connectivity index is 1.58. The van der Waals surface area contributed by atoms with Crippen molar-refractivity contribution in [1.82, 2.24) is 25.0 Å². The van der Waals surface area contributed by atoms with E-state index >= 15 is 0 Å². The molecule has 9 heteroatoms. The standard InChI is InChI=1S/C21H28N6O3/c1-3-27-19-16(12-22-27)18(24-15-6-10-29-11-7-15)17(13(2)23-19)21-26-25-20(30-21)14-4-8-28-9-5-14/h12,14-15H,3-11H2,1-2H3,(H,23,24). The molecule has 160 valence electrons. The van der Waals surface area contributed by atoms with Crippen molar-refractivity contribution in [3.05, 3.63) is 17.8 Å². The summed E-state index contributed by atoms with van der Waals surface area (Å²) in [7, 11) is 0. The van der Waals surface area contributed by atoms with E-state index in [1.165, 1.54) is 0 Å². The third kappa shape index (κ3) is 3.56. The fraction of sp³-hybridized carbons (Fsp3) is 0.619.